The summed E-state index contributed by atoms with van der Waals surface area (Å²) in [5.74, 6) is -0.254. The second kappa shape index (κ2) is 7.84. The number of halogens is 1. The van der Waals surface area contributed by atoms with Crippen LogP contribution < -0.4 is 11.0 Å². The maximum Gasteiger partial charge on any atom is 0.280 e. The monoisotopic (exact) mass is 368 g/mol. The molecular formula is C19H17ClN4O2. The topological polar surface area (TPSA) is 79.2 Å². The lowest BCUT2D eigenvalue weighted by Crippen LogP contribution is -2.21. The standard InChI is InChI=1S/C19H17ClN4O2/c1-13-17(12-21-22-18(25)10-14-6-3-2-4-7-14)19(26)24(23-13)16-9-5-8-15(20)11-16/h2-9,11-12,23H,10H2,1H3,(H,22,25). The van der Waals surface area contributed by atoms with Crippen LogP contribution in [-0.4, -0.2) is 21.9 Å². The number of rotatable bonds is 5. The van der Waals surface area contributed by atoms with Crippen molar-refractivity contribution in [1.29, 1.82) is 0 Å². The minimum atomic E-state index is -0.272. The molecule has 2 aromatic carbocycles. The Hall–Kier alpha value is -3.12. The first-order valence-electron chi connectivity index (χ1n) is 7.98. The van der Waals surface area contributed by atoms with Crippen molar-refractivity contribution in [3.63, 3.8) is 0 Å². The first-order valence-corrected chi connectivity index (χ1v) is 8.36. The average Bonchev–Trinajstić information content (AvgIpc) is 2.91. The predicted molar refractivity (Wildman–Crippen MR) is 102 cm³/mol. The van der Waals surface area contributed by atoms with Crippen LogP contribution in [0.4, 0.5) is 0 Å². The number of aryl methyl sites for hydroxylation is 1. The van der Waals surface area contributed by atoms with Crippen LogP contribution in [0.15, 0.2) is 64.5 Å². The van der Waals surface area contributed by atoms with Gasteiger partial charge < -0.3 is 0 Å². The molecule has 0 radical (unpaired) electrons. The zero-order valence-electron chi connectivity index (χ0n) is 14.1. The Morgan fingerprint density at radius 2 is 2.00 bits per heavy atom. The van der Waals surface area contributed by atoms with Gasteiger partial charge in [-0.1, -0.05) is 48.0 Å². The van der Waals surface area contributed by atoms with Crippen LogP contribution in [0.1, 0.15) is 16.8 Å². The molecule has 0 aliphatic rings. The fourth-order valence-corrected chi connectivity index (χ4v) is 2.68. The summed E-state index contributed by atoms with van der Waals surface area (Å²) in [6.45, 7) is 1.76. The number of carbonyl (C=O) groups excluding carboxylic acids is 1. The molecule has 1 heterocycles. The fraction of sp³-hybridized carbons (Fsp3) is 0.105. The number of nitrogens with zero attached hydrogens (tertiary/aromatic N) is 2. The van der Waals surface area contributed by atoms with Crippen molar-refractivity contribution in [1.82, 2.24) is 15.2 Å². The van der Waals surface area contributed by atoms with Crippen LogP contribution in [-0.2, 0) is 11.2 Å². The smallest absolute Gasteiger partial charge is 0.280 e. The van der Waals surface area contributed by atoms with E-state index >= 15 is 0 Å². The molecule has 0 saturated carbocycles. The highest BCUT2D eigenvalue weighted by atomic mass is 35.5. The summed E-state index contributed by atoms with van der Waals surface area (Å²) < 4.78 is 1.38. The molecule has 2 N–H and O–H groups in total. The molecule has 0 atom stereocenters. The third-order valence-electron chi connectivity index (χ3n) is 3.77. The summed E-state index contributed by atoms with van der Waals surface area (Å²) in [6, 6.07) is 16.3. The average molecular weight is 369 g/mol. The predicted octanol–water partition coefficient (Wildman–Crippen LogP) is 2.82. The minimum absolute atomic E-state index is 0.219. The fourth-order valence-electron chi connectivity index (χ4n) is 2.50. The molecule has 1 aromatic heterocycles. The van der Waals surface area contributed by atoms with Gasteiger partial charge in [-0.05, 0) is 30.7 Å². The van der Waals surface area contributed by atoms with Crippen LogP contribution in [0.3, 0.4) is 0 Å². The Kier molecular flexibility index (Phi) is 5.34. The van der Waals surface area contributed by atoms with Gasteiger partial charge in [-0.25, -0.2) is 10.1 Å². The molecule has 0 fully saturated rings. The summed E-state index contributed by atoms with van der Waals surface area (Å²) in [7, 11) is 0. The van der Waals surface area contributed by atoms with Gasteiger partial charge in [0, 0.05) is 10.7 Å². The maximum absolute atomic E-state index is 12.6. The van der Waals surface area contributed by atoms with Gasteiger partial charge >= 0.3 is 0 Å². The third-order valence-corrected chi connectivity index (χ3v) is 4.01. The van der Waals surface area contributed by atoms with Crippen molar-refractivity contribution >= 4 is 23.7 Å². The number of aromatic nitrogens is 2. The summed E-state index contributed by atoms with van der Waals surface area (Å²) >= 11 is 5.98. The first-order chi connectivity index (χ1) is 12.5. The molecule has 7 heteroatoms. The second-order valence-corrected chi connectivity index (χ2v) is 6.16. The third kappa shape index (κ3) is 4.10. The van der Waals surface area contributed by atoms with Crippen LogP contribution in [0.2, 0.25) is 5.02 Å². The minimum Gasteiger partial charge on any atom is -0.295 e. The lowest BCUT2D eigenvalue weighted by atomic mass is 10.1. The van der Waals surface area contributed by atoms with E-state index in [1.165, 1.54) is 10.9 Å². The van der Waals surface area contributed by atoms with E-state index in [1.54, 1.807) is 31.2 Å². The summed E-state index contributed by atoms with van der Waals surface area (Å²) in [5, 5.41) is 7.41. The van der Waals surface area contributed by atoms with E-state index < -0.39 is 0 Å². The second-order valence-electron chi connectivity index (χ2n) is 5.73. The van der Waals surface area contributed by atoms with Crippen LogP contribution >= 0.6 is 11.6 Å². The number of carbonyl (C=O) groups is 1. The molecule has 132 valence electrons. The number of hydrogen-bond acceptors (Lipinski definition) is 3. The molecule has 1 amide bonds. The van der Waals surface area contributed by atoms with Crippen LogP contribution in [0.25, 0.3) is 5.69 Å². The first kappa shape index (κ1) is 17.7. The van der Waals surface area contributed by atoms with Gasteiger partial charge in [0.15, 0.2) is 0 Å². The molecule has 0 saturated heterocycles. The van der Waals surface area contributed by atoms with Gasteiger partial charge in [0.05, 0.1) is 23.9 Å². The molecule has 0 spiro atoms. The highest BCUT2D eigenvalue weighted by molar-refractivity contribution is 6.30. The number of hydrogen-bond donors (Lipinski definition) is 2. The summed E-state index contributed by atoms with van der Waals surface area (Å²) in [6.07, 6.45) is 1.56. The Bertz CT molecular complexity index is 1010. The van der Waals surface area contributed by atoms with Crippen molar-refractivity contribution in [2.75, 3.05) is 0 Å². The Balaban J connectivity index is 1.73. The number of benzene rings is 2. The summed E-state index contributed by atoms with van der Waals surface area (Å²) in [5.41, 5.74) is 4.68. The van der Waals surface area contributed by atoms with E-state index in [9.17, 15) is 9.59 Å². The number of aromatic amines is 1. The zero-order valence-corrected chi connectivity index (χ0v) is 14.8. The number of hydrazone groups is 1. The van der Waals surface area contributed by atoms with Gasteiger partial charge in [-0.2, -0.15) is 5.10 Å². The van der Waals surface area contributed by atoms with Gasteiger partial charge in [-0.15, -0.1) is 0 Å². The highest BCUT2D eigenvalue weighted by Crippen LogP contribution is 2.13. The van der Waals surface area contributed by atoms with E-state index in [4.69, 9.17) is 11.6 Å². The molecule has 26 heavy (non-hydrogen) atoms. The van der Waals surface area contributed by atoms with Gasteiger partial charge in [0.2, 0.25) is 5.91 Å². The van der Waals surface area contributed by atoms with Gasteiger partial charge in [-0.3, -0.25) is 14.7 Å². The van der Waals surface area contributed by atoms with Crippen LogP contribution in [0, 0.1) is 6.92 Å². The van der Waals surface area contributed by atoms with Crippen molar-refractivity contribution < 1.29 is 4.79 Å². The Morgan fingerprint density at radius 1 is 1.23 bits per heavy atom. The maximum atomic E-state index is 12.6. The van der Waals surface area contributed by atoms with Gasteiger partial charge in [0.1, 0.15) is 0 Å². The van der Waals surface area contributed by atoms with E-state index in [-0.39, 0.29) is 17.9 Å². The van der Waals surface area contributed by atoms with E-state index in [1.807, 2.05) is 30.3 Å². The van der Waals surface area contributed by atoms with Gasteiger partial charge in [0.25, 0.3) is 5.56 Å². The Labute approximate surface area is 155 Å². The van der Waals surface area contributed by atoms with Crippen molar-refractivity contribution in [2.45, 2.75) is 13.3 Å². The number of H-pyrrole nitrogens is 1. The molecule has 0 unspecified atom stereocenters. The molecular weight excluding hydrogens is 352 g/mol. The number of amides is 1. The SMILES string of the molecule is Cc1[nH]n(-c2cccc(Cl)c2)c(=O)c1C=NNC(=O)Cc1ccccc1. The van der Waals surface area contributed by atoms with Crippen molar-refractivity contribution in [2.24, 2.45) is 5.10 Å². The molecule has 0 aliphatic heterocycles. The normalized spacial score (nSPS) is 11.0. The lowest BCUT2D eigenvalue weighted by Gasteiger charge is -2.01. The largest absolute Gasteiger partial charge is 0.295 e. The zero-order chi connectivity index (χ0) is 18.5. The highest BCUT2D eigenvalue weighted by Gasteiger charge is 2.11. The molecule has 0 aliphatic carbocycles. The van der Waals surface area contributed by atoms with Crippen molar-refractivity contribution in [3.8, 4) is 5.69 Å². The van der Waals surface area contributed by atoms with Crippen molar-refractivity contribution in [3.05, 3.63) is 86.8 Å². The summed E-state index contributed by atoms with van der Waals surface area (Å²) in [4.78, 5) is 24.5. The Morgan fingerprint density at radius 3 is 2.73 bits per heavy atom. The quantitative estimate of drug-likeness (QED) is 0.536. The molecule has 3 rings (SSSR count). The molecule has 3 aromatic rings. The van der Waals surface area contributed by atoms with E-state index in [2.05, 4.69) is 15.6 Å². The number of nitrogens with one attached hydrogen (secondary N) is 2. The van der Waals surface area contributed by atoms with Crippen LogP contribution in [0.5, 0.6) is 0 Å². The molecule has 0 bridgehead atoms. The van der Waals surface area contributed by atoms with E-state index in [0.29, 0.717) is 22.0 Å². The lowest BCUT2D eigenvalue weighted by molar-refractivity contribution is -0.120. The molecule has 6 nitrogen and oxygen atoms in total. The van der Waals surface area contributed by atoms with E-state index in [0.717, 1.165) is 5.56 Å².